The van der Waals surface area contributed by atoms with E-state index in [0.29, 0.717) is 22.9 Å². The Balaban J connectivity index is 1.89. The van der Waals surface area contributed by atoms with Crippen LogP contribution in [-0.2, 0) is 0 Å². The Bertz CT molecular complexity index is 1070. The normalized spacial score (nSPS) is 15.1. The number of hydrogen-bond donors (Lipinski definition) is 0. The number of thioether (sulfide) groups is 1. The highest BCUT2D eigenvalue weighted by Crippen LogP contribution is 2.39. The van der Waals surface area contributed by atoms with Crippen molar-refractivity contribution in [1.29, 1.82) is 0 Å². The van der Waals surface area contributed by atoms with Crippen LogP contribution in [0.25, 0.3) is 11.3 Å². The van der Waals surface area contributed by atoms with Crippen LogP contribution in [0.4, 0.5) is 0 Å². The van der Waals surface area contributed by atoms with Gasteiger partial charge in [-0.25, -0.2) is 4.98 Å². The van der Waals surface area contributed by atoms with Crippen LogP contribution in [0.3, 0.4) is 0 Å². The Kier molecular flexibility index (Phi) is 4.76. The minimum atomic E-state index is -0.107. The molecule has 4 rings (SSSR count). The summed E-state index contributed by atoms with van der Waals surface area (Å²) in [4.78, 5) is 25.0. The van der Waals surface area contributed by atoms with E-state index in [-0.39, 0.29) is 5.56 Å². The standard InChI is InChI=1S/C20H17ClN4OS/c1-3-10-24(2)16-8-9-22-17-11-15(16)18-19(27-17)20(26)25(12-23-18)14-6-4-13(21)5-7-14/h3-9,12H,1,10-11H2,2H3. The third-order valence-corrected chi connectivity index (χ3v) is 5.75. The van der Waals surface area contributed by atoms with Gasteiger partial charge in [0.1, 0.15) is 11.2 Å². The molecule has 3 heterocycles. The van der Waals surface area contributed by atoms with Crippen LogP contribution in [-0.4, -0.2) is 33.1 Å². The highest BCUT2D eigenvalue weighted by molar-refractivity contribution is 8.14. The maximum absolute atomic E-state index is 13.2. The van der Waals surface area contributed by atoms with Gasteiger partial charge in [-0.15, -0.1) is 6.58 Å². The zero-order valence-electron chi connectivity index (χ0n) is 14.7. The second-order valence-electron chi connectivity index (χ2n) is 6.22. The quantitative estimate of drug-likeness (QED) is 0.729. The van der Waals surface area contributed by atoms with Gasteiger partial charge in [0, 0.05) is 42.5 Å². The number of aromatic nitrogens is 2. The number of likely N-dealkylation sites (N-methyl/N-ethyl adjacent to an activating group) is 1. The number of nitrogens with zero attached hydrogens (tertiary/aromatic N) is 4. The van der Waals surface area contributed by atoms with Crippen molar-refractivity contribution in [2.24, 2.45) is 4.99 Å². The third-order valence-electron chi connectivity index (χ3n) is 4.44. The van der Waals surface area contributed by atoms with E-state index < -0.39 is 0 Å². The van der Waals surface area contributed by atoms with Crippen molar-refractivity contribution in [2.45, 2.75) is 11.3 Å². The van der Waals surface area contributed by atoms with E-state index in [9.17, 15) is 4.79 Å². The highest BCUT2D eigenvalue weighted by Gasteiger charge is 2.28. The van der Waals surface area contributed by atoms with E-state index in [1.807, 2.05) is 19.2 Å². The number of benzene rings is 1. The summed E-state index contributed by atoms with van der Waals surface area (Å²) in [5.41, 5.74) is 3.37. The molecule has 7 heteroatoms. The molecule has 0 fully saturated rings. The number of hydrogen-bond acceptors (Lipinski definition) is 5. The maximum Gasteiger partial charge on any atom is 0.272 e. The van der Waals surface area contributed by atoms with Crippen molar-refractivity contribution in [2.75, 3.05) is 13.6 Å². The van der Waals surface area contributed by atoms with Gasteiger partial charge < -0.3 is 4.90 Å². The topological polar surface area (TPSA) is 50.5 Å². The maximum atomic E-state index is 13.2. The van der Waals surface area contributed by atoms with Crippen LogP contribution in [0.1, 0.15) is 12.1 Å². The second kappa shape index (κ2) is 7.21. The first-order valence-electron chi connectivity index (χ1n) is 8.42. The van der Waals surface area contributed by atoms with E-state index >= 15 is 0 Å². The molecule has 0 aliphatic carbocycles. The van der Waals surface area contributed by atoms with E-state index in [4.69, 9.17) is 11.6 Å². The van der Waals surface area contributed by atoms with E-state index in [1.165, 1.54) is 11.8 Å². The predicted molar refractivity (Wildman–Crippen MR) is 112 cm³/mol. The van der Waals surface area contributed by atoms with Gasteiger partial charge in [-0.1, -0.05) is 29.4 Å². The summed E-state index contributed by atoms with van der Waals surface area (Å²) in [6, 6.07) is 7.13. The monoisotopic (exact) mass is 396 g/mol. The van der Waals surface area contributed by atoms with Gasteiger partial charge in [-0.3, -0.25) is 14.4 Å². The summed E-state index contributed by atoms with van der Waals surface area (Å²) in [5.74, 6) is 0. The highest BCUT2D eigenvalue weighted by atomic mass is 35.5. The van der Waals surface area contributed by atoms with Crippen molar-refractivity contribution < 1.29 is 0 Å². The number of allylic oxidation sites excluding steroid dienone is 2. The van der Waals surface area contributed by atoms with Crippen LogP contribution in [0, 0.1) is 0 Å². The first kappa shape index (κ1) is 17.8. The van der Waals surface area contributed by atoms with E-state index in [2.05, 4.69) is 21.5 Å². The summed E-state index contributed by atoms with van der Waals surface area (Å²) >= 11 is 7.36. The first-order chi connectivity index (χ1) is 13.1. The van der Waals surface area contributed by atoms with Crippen molar-refractivity contribution >= 4 is 34.0 Å². The van der Waals surface area contributed by atoms with Crippen molar-refractivity contribution in [3.63, 3.8) is 0 Å². The lowest BCUT2D eigenvalue weighted by Gasteiger charge is -2.25. The number of aliphatic imine (C=N–C) groups is 1. The largest absolute Gasteiger partial charge is 0.371 e. The van der Waals surface area contributed by atoms with Crippen molar-refractivity contribution in [3.05, 3.63) is 82.3 Å². The van der Waals surface area contributed by atoms with Gasteiger partial charge in [0.15, 0.2) is 0 Å². The Labute approximate surface area is 166 Å². The van der Waals surface area contributed by atoms with E-state index in [0.717, 1.165) is 27.7 Å². The van der Waals surface area contributed by atoms with Crippen LogP contribution in [0.15, 0.2) is 75.9 Å². The van der Waals surface area contributed by atoms with Crippen LogP contribution < -0.4 is 5.56 Å². The van der Waals surface area contributed by atoms with Crippen molar-refractivity contribution in [3.8, 4) is 5.69 Å². The van der Waals surface area contributed by atoms with Crippen LogP contribution in [0.2, 0.25) is 5.02 Å². The molecule has 2 aromatic rings. The molecular weight excluding hydrogens is 380 g/mol. The summed E-state index contributed by atoms with van der Waals surface area (Å²) in [7, 11) is 2.00. The Morgan fingerprint density at radius 2 is 2.15 bits per heavy atom. The first-order valence-corrected chi connectivity index (χ1v) is 9.62. The molecule has 0 unspecified atom stereocenters. The molecule has 2 bridgehead atoms. The summed E-state index contributed by atoms with van der Waals surface area (Å²) in [6.07, 6.45) is 7.85. The molecule has 1 aromatic carbocycles. The lowest BCUT2D eigenvalue weighted by Crippen LogP contribution is -2.26. The van der Waals surface area contributed by atoms with Gasteiger partial charge in [0.2, 0.25) is 0 Å². The Morgan fingerprint density at radius 3 is 2.89 bits per heavy atom. The molecule has 0 radical (unpaired) electrons. The smallest absolute Gasteiger partial charge is 0.272 e. The zero-order chi connectivity index (χ0) is 19.0. The fourth-order valence-corrected chi connectivity index (χ4v) is 4.29. The second-order valence-corrected chi connectivity index (χ2v) is 7.74. The molecule has 0 N–H and O–H groups in total. The van der Waals surface area contributed by atoms with E-state index in [1.54, 1.807) is 41.4 Å². The molecule has 27 heavy (non-hydrogen) atoms. The van der Waals surface area contributed by atoms with Gasteiger partial charge in [0.25, 0.3) is 5.56 Å². The molecule has 5 nitrogen and oxygen atoms in total. The molecular formula is C20H17ClN4OS. The lowest BCUT2D eigenvalue weighted by molar-refractivity contribution is 0.481. The molecule has 2 aliphatic rings. The summed E-state index contributed by atoms with van der Waals surface area (Å²) in [6.45, 7) is 4.51. The average Bonchev–Trinajstić information content (AvgIpc) is 2.83. The molecule has 1 aromatic heterocycles. The Morgan fingerprint density at radius 1 is 1.37 bits per heavy atom. The van der Waals surface area contributed by atoms with Gasteiger partial charge >= 0.3 is 0 Å². The molecule has 0 atom stereocenters. The van der Waals surface area contributed by atoms with Gasteiger partial charge in [-0.05, 0) is 30.3 Å². The minimum absolute atomic E-state index is 0.107. The average molecular weight is 397 g/mol. The minimum Gasteiger partial charge on any atom is -0.371 e. The van der Waals surface area contributed by atoms with Gasteiger partial charge in [-0.2, -0.15) is 0 Å². The summed E-state index contributed by atoms with van der Waals surface area (Å²) in [5, 5.41) is 1.52. The fourth-order valence-electron chi connectivity index (χ4n) is 3.14. The number of fused-ring (bicyclic) bond motifs is 4. The Hall–Kier alpha value is -2.57. The number of rotatable bonds is 4. The number of halogens is 1. The SMILES string of the molecule is C=CCN(C)C1=C2CC(=NC=C1)Sc1c2ncn(-c2ccc(Cl)cc2)c1=O. The van der Waals surface area contributed by atoms with Gasteiger partial charge in [0.05, 0.1) is 16.4 Å². The van der Waals surface area contributed by atoms with Crippen LogP contribution in [0.5, 0.6) is 0 Å². The molecule has 0 saturated carbocycles. The predicted octanol–water partition coefficient (Wildman–Crippen LogP) is 4.14. The lowest BCUT2D eigenvalue weighted by atomic mass is 10.0. The zero-order valence-corrected chi connectivity index (χ0v) is 16.3. The molecule has 2 aliphatic heterocycles. The molecule has 136 valence electrons. The molecule has 0 spiro atoms. The summed E-state index contributed by atoms with van der Waals surface area (Å²) < 4.78 is 1.54. The molecule has 0 amide bonds. The molecule has 0 saturated heterocycles. The third kappa shape index (κ3) is 3.26. The van der Waals surface area contributed by atoms with Crippen LogP contribution >= 0.6 is 23.4 Å². The fraction of sp³-hybridized carbons (Fsp3) is 0.150. The van der Waals surface area contributed by atoms with Crippen molar-refractivity contribution in [1.82, 2.24) is 14.5 Å².